The molecule has 0 radical (unpaired) electrons. The highest BCUT2D eigenvalue weighted by molar-refractivity contribution is 5.83. The Labute approximate surface area is 140 Å². The van der Waals surface area contributed by atoms with Crippen molar-refractivity contribution in [2.24, 2.45) is 5.92 Å². The van der Waals surface area contributed by atoms with E-state index in [1.54, 1.807) is 18.0 Å². The van der Waals surface area contributed by atoms with Crippen molar-refractivity contribution >= 4 is 16.9 Å². The number of aliphatic hydroxyl groups is 1. The van der Waals surface area contributed by atoms with Crippen LogP contribution in [-0.4, -0.2) is 47.3 Å². The van der Waals surface area contributed by atoms with Crippen LogP contribution in [0, 0.1) is 11.7 Å². The van der Waals surface area contributed by atoms with Gasteiger partial charge in [0.05, 0.1) is 6.10 Å². The van der Waals surface area contributed by atoms with Crippen molar-refractivity contribution in [3.8, 4) is 0 Å². The lowest BCUT2D eigenvalue weighted by molar-refractivity contribution is 0.114. The fourth-order valence-corrected chi connectivity index (χ4v) is 3.47. The normalized spacial score (nSPS) is 20.5. The Morgan fingerprint density at radius 1 is 1.46 bits per heavy atom. The number of nitrogens with one attached hydrogen (secondary N) is 2. The van der Waals surface area contributed by atoms with Gasteiger partial charge in [-0.05, 0) is 43.0 Å². The van der Waals surface area contributed by atoms with Crippen LogP contribution in [-0.2, 0) is 6.42 Å². The fraction of sp³-hybridized carbons (Fsp3) is 0.500. The Morgan fingerprint density at radius 3 is 3.04 bits per heavy atom. The summed E-state index contributed by atoms with van der Waals surface area (Å²) in [6, 6.07) is 4.54. The van der Waals surface area contributed by atoms with E-state index < -0.39 is 0 Å². The lowest BCUT2D eigenvalue weighted by atomic mass is 10.1. The number of H-pyrrole nitrogens is 1. The molecule has 2 unspecified atom stereocenters. The second kappa shape index (κ2) is 7.21. The quantitative estimate of drug-likeness (QED) is 0.787. The van der Waals surface area contributed by atoms with Crippen LogP contribution in [0.5, 0.6) is 0 Å². The summed E-state index contributed by atoms with van der Waals surface area (Å²) >= 11 is 0. The van der Waals surface area contributed by atoms with E-state index in [9.17, 15) is 14.3 Å². The Hall–Kier alpha value is -2.08. The van der Waals surface area contributed by atoms with Crippen LogP contribution < -0.4 is 5.32 Å². The van der Waals surface area contributed by atoms with E-state index in [-0.39, 0.29) is 23.9 Å². The monoisotopic (exact) mass is 333 g/mol. The van der Waals surface area contributed by atoms with Gasteiger partial charge < -0.3 is 20.3 Å². The molecule has 0 aliphatic heterocycles. The molecule has 1 aliphatic rings. The third-order valence-electron chi connectivity index (χ3n) is 4.87. The maximum Gasteiger partial charge on any atom is 0.317 e. The van der Waals surface area contributed by atoms with Gasteiger partial charge in [0.1, 0.15) is 5.82 Å². The number of carbonyl (C=O) groups is 1. The largest absolute Gasteiger partial charge is 0.393 e. The molecular weight excluding hydrogens is 309 g/mol. The van der Waals surface area contributed by atoms with E-state index in [1.807, 2.05) is 6.20 Å². The number of aromatic nitrogens is 1. The minimum Gasteiger partial charge on any atom is -0.393 e. The molecule has 130 valence electrons. The van der Waals surface area contributed by atoms with Crippen molar-refractivity contribution in [2.45, 2.75) is 31.8 Å². The lowest BCUT2D eigenvalue weighted by Gasteiger charge is -2.23. The zero-order valence-electron chi connectivity index (χ0n) is 13.9. The summed E-state index contributed by atoms with van der Waals surface area (Å²) in [4.78, 5) is 16.8. The maximum atomic E-state index is 13.2. The molecule has 6 heteroatoms. The third-order valence-corrected chi connectivity index (χ3v) is 4.87. The van der Waals surface area contributed by atoms with Crippen LogP contribution in [0.15, 0.2) is 24.4 Å². The number of aliphatic hydroxyl groups excluding tert-OH is 1. The predicted molar refractivity (Wildman–Crippen MR) is 91.3 cm³/mol. The van der Waals surface area contributed by atoms with Gasteiger partial charge >= 0.3 is 6.03 Å². The van der Waals surface area contributed by atoms with Gasteiger partial charge in [0.15, 0.2) is 0 Å². The first-order valence-electron chi connectivity index (χ1n) is 8.47. The molecule has 3 N–H and O–H groups in total. The summed E-state index contributed by atoms with van der Waals surface area (Å²) in [5.74, 6) is -0.0795. The standard InChI is InChI=1S/C18H24FN3O2/c1-22(11-13-3-2-4-17(13)23)18(24)20-8-7-12-10-21-16-9-14(19)5-6-15(12)16/h5-6,9-10,13,17,21,23H,2-4,7-8,11H2,1H3,(H,20,24). The van der Waals surface area contributed by atoms with Crippen molar-refractivity contribution in [3.05, 3.63) is 35.8 Å². The van der Waals surface area contributed by atoms with E-state index >= 15 is 0 Å². The van der Waals surface area contributed by atoms with E-state index in [0.717, 1.165) is 35.7 Å². The summed E-state index contributed by atoms with van der Waals surface area (Å²) in [6.07, 6.45) is 5.09. The number of urea groups is 1. The first-order chi connectivity index (χ1) is 11.5. The number of amides is 2. The van der Waals surface area contributed by atoms with Crippen molar-refractivity contribution in [2.75, 3.05) is 20.1 Å². The molecule has 0 spiro atoms. The number of hydrogen-bond acceptors (Lipinski definition) is 2. The molecule has 1 aliphatic carbocycles. The van der Waals surface area contributed by atoms with Crippen LogP contribution in [0.4, 0.5) is 9.18 Å². The number of aromatic amines is 1. The van der Waals surface area contributed by atoms with Gasteiger partial charge in [-0.3, -0.25) is 0 Å². The highest BCUT2D eigenvalue weighted by Gasteiger charge is 2.27. The number of nitrogens with zero attached hydrogens (tertiary/aromatic N) is 1. The molecular formula is C18H24FN3O2. The number of benzene rings is 1. The molecule has 24 heavy (non-hydrogen) atoms. The maximum absolute atomic E-state index is 13.2. The lowest BCUT2D eigenvalue weighted by Crippen LogP contribution is -2.41. The van der Waals surface area contributed by atoms with Gasteiger partial charge in [-0.2, -0.15) is 0 Å². The molecule has 1 aromatic carbocycles. The summed E-state index contributed by atoms with van der Waals surface area (Å²) in [5, 5.41) is 13.7. The average Bonchev–Trinajstić information content (AvgIpc) is 3.13. The molecule has 5 nitrogen and oxygen atoms in total. The Morgan fingerprint density at radius 2 is 2.29 bits per heavy atom. The molecule has 1 aromatic heterocycles. The summed E-state index contributed by atoms with van der Waals surface area (Å²) in [6.45, 7) is 1.10. The first kappa shape index (κ1) is 16.8. The summed E-state index contributed by atoms with van der Waals surface area (Å²) in [5.41, 5.74) is 1.82. The van der Waals surface area contributed by atoms with Crippen molar-refractivity contribution in [3.63, 3.8) is 0 Å². The average molecular weight is 333 g/mol. The SMILES string of the molecule is CN(CC1CCCC1O)C(=O)NCCc1c[nH]c2cc(F)ccc12. The molecule has 3 rings (SSSR count). The molecule has 1 heterocycles. The van der Waals surface area contributed by atoms with Crippen molar-refractivity contribution < 1.29 is 14.3 Å². The molecule has 2 amide bonds. The number of fused-ring (bicyclic) bond motifs is 1. The second-order valence-corrected chi connectivity index (χ2v) is 6.62. The topological polar surface area (TPSA) is 68.4 Å². The molecule has 1 saturated carbocycles. The fourth-order valence-electron chi connectivity index (χ4n) is 3.47. The smallest absolute Gasteiger partial charge is 0.317 e. The molecule has 1 fully saturated rings. The zero-order valence-corrected chi connectivity index (χ0v) is 13.9. The molecule has 2 aromatic rings. The highest BCUT2D eigenvalue weighted by atomic mass is 19.1. The Kier molecular flexibility index (Phi) is 5.04. The number of hydrogen-bond donors (Lipinski definition) is 3. The second-order valence-electron chi connectivity index (χ2n) is 6.62. The van der Waals surface area contributed by atoms with E-state index in [1.165, 1.54) is 12.1 Å². The van der Waals surface area contributed by atoms with Crippen LogP contribution in [0.2, 0.25) is 0 Å². The van der Waals surface area contributed by atoms with E-state index in [2.05, 4.69) is 10.3 Å². The van der Waals surface area contributed by atoms with E-state index in [4.69, 9.17) is 0 Å². The van der Waals surface area contributed by atoms with Gasteiger partial charge in [-0.1, -0.05) is 6.42 Å². The molecule has 0 bridgehead atoms. The van der Waals surface area contributed by atoms with Crippen LogP contribution in [0.3, 0.4) is 0 Å². The predicted octanol–water partition coefficient (Wildman–Crippen LogP) is 2.65. The number of halogens is 1. The van der Waals surface area contributed by atoms with Gasteiger partial charge in [0, 0.05) is 43.2 Å². The van der Waals surface area contributed by atoms with Gasteiger partial charge in [-0.25, -0.2) is 9.18 Å². The van der Waals surface area contributed by atoms with Gasteiger partial charge in [0.25, 0.3) is 0 Å². The zero-order chi connectivity index (χ0) is 17.1. The minimum atomic E-state index is -0.285. The van der Waals surface area contributed by atoms with Crippen LogP contribution in [0.1, 0.15) is 24.8 Å². The van der Waals surface area contributed by atoms with Gasteiger partial charge in [0.2, 0.25) is 0 Å². The number of rotatable bonds is 5. The summed E-state index contributed by atoms with van der Waals surface area (Å²) < 4.78 is 13.2. The first-order valence-corrected chi connectivity index (χ1v) is 8.47. The van der Waals surface area contributed by atoms with Crippen molar-refractivity contribution in [1.82, 2.24) is 15.2 Å². The van der Waals surface area contributed by atoms with Crippen LogP contribution >= 0.6 is 0 Å². The Bertz CT molecular complexity index is 715. The number of carbonyl (C=O) groups excluding carboxylic acids is 1. The van der Waals surface area contributed by atoms with E-state index in [0.29, 0.717) is 19.5 Å². The summed E-state index contributed by atoms with van der Waals surface area (Å²) in [7, 11) is 1.76. The minimum absolute atomic E-state index is 0.125. The highest BCUT2D eigenvalue weighted by Crippen LogP contribution is 2.26. The van der Waals surface area contributed by atoms with Crippen LogP contribution in [0.25, 0.3) is 10.9 Å². The third kappa shape index (κ3) is 3.70. The molecule has 0 saturated heterocycles. The van der Waals surface area contributed by atoms with Gasteiger partial charge in [-0.15, -0.1) is 0 Å². The Balaban J connectivity index is 1.49. The molecule has 2 atom stereocenters. The van der Waals surface area contributed by atoms with Crippen molar-refractivity contribution in [1.29, 1.82) is 0 Å².